The van der Waals surface area contributed by atoms with Crippen LogP contribution >= 0.6 is 0 Å². The highest BCUT2D eigenvalue weighted by molar-refractivity contribution is 5.92. The predicted octanol–water partition coefficient (Wildman–Crippen LogP) is 2.40. The quantitative estimate of drug-likeness (QED) is 0.722. The van der Waals surface area contributed by atoms with Crippen molar-refractivity contribution in [3.05, 3.63) is 54.4 Å². The van der Waals surface area contributed by atoms with Gasteiger partial charge in [-0.15, -0.1) is 0 Å². The zero-order valence-electron chi connectivity index (χ0n) is 16.6. The van der Waals surface area contributed by atoms with E-state index in [0.29, 0.717) is 30.9 Å². The van der Waals surface area contributed by atoms with Crippen LogP contribution in [0.25, 0.3) is 0 Å². The average Bonchev–Trinajstić information content (AvgIpc) is 2.75. The maximum absolute atomic E-state index is 12.8. The highest BCUT2D eigenvalue weighted by Crippen LogP contribution is 2.33. The molecule has 0 aliphatic carbocycles. The molecule has 1 fully saturated rings. The second-order valence-corrected chi connectivity index (χ2v) is 7.14. The molecule has 0 bridgehead atoms. The Morgan fingerprint density at radius 2 is 2.00 bits per heavy atom. The molecule has 1 unspecified atom stereocenters. The van der Waals surface area contributed by atoms with E-state index in [1.54, 1.807) is 19.3 Å². The molecule has 2 aromatic rings. The lowest BCUT2D eigenvalue weighted by molar-refractivity contribution is -0.130. The van der Waals surface area contributed by atoms with Crippen LogP contribution in [0.5, 0.6) is 5.75 Å². The van der Waals surface area contributed by atoms with Crippen molar-refractivity contribution >= 4 is 17.5 Å². The molecular weight excluding hydrogens is 394 g/mol. The van der Waals surface area contributed by atoms with Crippen LogP contribution in [0.15, 0.2) is 48.7 Å². The Balaban J connectivity index is 1.66. The third-order valence-electron chi connectivity index (χ3n) is 5.12. The lowest BCUT2D eigenvalue weighted by Gasteiger charge is -2.40. The molecule has 1 aliphatic rings. The van der Waals surface area contributed by atoms with Crippen molar-refractivity contribution in [1.29, 1.82) is 0 Å². The minimum absolute atomic E-state index is 0.0183. The molecule has 0 saturated carbocycles. The van der Waals surface area contributed by atoms with Crippen LogP contribution in [0.2, 0.25) is 0 Å². The fraction of sp³-hybridized carbons (Fsp3) is 0.381. The number of anilines is 1. The molecule has 3 rings (SSSR count). The number of nitrogens with zero attached hydrogens (tertiary/aromatic N) is 2. The van der Waals surface area contributed by atoms with Crippen molar-refractivity contribution in [3.63, 3.8) is 0 Å². The van der Waals surface area contributed by atoms with Gasteiger partial charge < -0.3 is 15.4 Å². The second kappa shape index (κ2) is 9.62. The summed E-state index contributed by atoms with van der Waals surface area (Å²) in [5.74, 6) is -0.364. The Kier molecular flexibility index (Phi) is 6.94. The highest BCUT2D eigenvalue weighted by Gasteiger charge is 2.44. The van der Waals surface area contributed by atoms with Gasteiger partial charge in [-0.2, -0.15) is 8.78 Å². The van der Waals surface area contributed by atoms with Gasteiger partial charge in [0.1, 0.15) is 11.2 Å². The molecule has 2 N–H and O–H groups in total. The van der Waals surface area contributed by atoms with Crippen molar-refractivity contribution in [2.45, 2.75) is 24.9 Å². The van der Waals surface area contributed by atoms with E-state index >= 15 is 0 Å². The first kappa shape index (κ1) is 21.6. The molecule has 2 amide bonds. The molecule has 7 nitrogen and oxygen atoms in total. The van der Waals surface area contributed by atoms with E-state index in [2.05, 4.69) is 20.4 Å². The summed E-state index contributed by atoms with van der Waals surface area (Å²) in [6.45, 7) is -1.75. The number of halogens is 2. The van der Waals surface area contributed by atoms with Crippen LogP contribution in [-0.4, -0.2) is 55.0 Å². The topological polar surface area (TPSA) is 83.6 Å². The van der Waals surface area contributed by atoms with Gasteiger partial charge in [-0.1, -0.05) is 6.07 Å². The first-order valence-electron chi connectivity index (χ1n) is 9.64. The van der Waals surface area contributed by atoms with E-state index in [1.807, 2.05) is 17.0 Å². The van der Waals surface area contributed by atoms with Gasteiger partial charge in [0.25, 0.3) is 0 Å². The number of nitrogens with one attached hydrogen (secondary N) is 2. The number of amides is 2. The summed E-state index contributed by atoms with van der Waals surface area (Å²) < 4.78 is 28.8. The summed E-state index contributed by atoms with van der Waals surface area (Å²) in [5.41, 5.74) is 0.341. The smallest absolute Gasteiger partial charge is 0.387 e. The Bertz CT molecular complexity index is 864. The summed E-state index contributed by atoms with van der Waals surface area (Å²) in [7, 11) is 1.60. The standard InChI is InChI=1S/C21H24F2N4O3/c1-24-19(29)21(17-5-2-3-11-25-17)10-4-12-27(14-21)13-18(28)26-15-6-8-16(9-7-15)30-20(22)23/h2-3,5-9,11,20H,4,10,12-14H2,1H3,(H,24,29)(H,26,28). The van der Waals surface area contributed by atoms with Gasteiger partial charge in [0.05, 0.1) is 12.2 Å². The lowest BCUT2D eigenvalue weighted by Crippen LogP contribution is -2.55. The van der Waals surface area contributed by atoms with Crippen molar-refractivity contribution in [2.75, 3.05) is 32.0 Å². The molecule has 1 aromatic heterocycles. The Hall–Kier alpha value is -3.07. The zero-order valence-corrected chi connectivity index (χ0v) is 16.6. The Morgan fingerprint density at radius 1 is 1.23 bits per heavy atom. The lowest BCUT2D eigenvalue weighted by atomic mass is 9.75. The van der Waals surface area contributed by atoms with Gasteiger partial charge in [0, 0.05) is 25.5 Å². The SMILES string of the molecule is CNC(=O)C1(c2ccccn2)CCCN(CC(=O)Nc2ccc(OC(F)F)cc2)C1. The monoisotopic (exact) mass is 418 g/mol. The molecule has 1 atom stereocenters. The van der Waals surface area contributed by atoms with Crippen molar-refractivity contribution in [2.24, 2.45) is 0 Å². The highest BCUT2D eigenvalue weighted by atomic mass is 19.3. The number of hydrogen-bond acceptors (Lipinski definition) is 5. The van der Waals surface area contributed by atoms with Gasteiger partial charge in [0.2, 0.25) is 11.8 Å². The summed E-state index contributed by atoms with van der Waals surface area (Å²) >= 11 is 0. The maximum Gasteiger partial charge on any atom is 0.387 e. The van der Waals surface area contributed by atoms with E-state index in [1.165, 1.54) is 24.3 Å². The van der Waals surface area contributed by atoms with E-state index in [9.17, 15) is 18.4 Å². The third kappa shape index (κ3) is 5.10. The first-order chi connectivity index (χ1) is 14.4. The van der Waals surface area contributed by atoms with E-state index < -0.39 is 12.0 Å². The van der Waals surface area contributed by atoms with Gasteiger partial charge in [-0.25, -0.2) is 0 Å². The summed E-state index contributed by atoms with van der Waals surface area (Å²) in [6, 6.07) is 11.2. The largest absolute Gasteiger partial charge is 0.435 e. The molecule has 1 aromatic carbocycles. The van der Waals surface area contributed by atoms with E-state index in [0.717, 1.165) is 6.42 Å². The number of hydrogen-bond donors (Lipinski definition) is 2. The maximum atomic E-state index is 12.8. The molecule has 0 radical (unpaired) electrons. The number of likely N-dealkylation sites (N-methyl/N-ethyl adjacent to an activating group) is 1. The summed E-state index contributed by atoms with van der Waals surface area (Å²) in [5, 5.41) is 5.48. The van der Waals surface area contributed by atoms with Crippen LogP contribution in [-0.2, 0) is 15.0 Å². The number of pyridine rings is 1. The van der Waals surface area contributed by atoms with Crippen LogP contribution in [0, 0.1) is 0 Å². The van der Waals surface area contributed by atoms with Crippen molar-refractivity contribution in [3.8, 4) is 5.75 Å². The van der Waals surface area contributed by atoms with Gasteiger partial charge >= 0.3 is 6.61 Å². The van der Waals surface area contributed by atoms with Crippen molar-refractivity contribution < 1.29 is 23.1 Å². The normalized spacial score (nSPS) is 19.3. The van der Waals surface area contributed by atoms with Crippen LogP contribution in [0.1, 0.15) is 18.5 Å². The van der Waals surface area contributed by atoms with Crippen LogP contribution in [0.3, 0.4) is 0 Å². The molecule has 160 valence electrons. The molecule has 9 heteroatoms. The number of ether oxygens (including phenoxy) is 1. The van der Waals surface area contributed by atoms with E-state index in [-0.39, 0.29) is 24.1 Å². The minimum Gasteiger partial charge on any atom is -0.435 e. The molecule has 2 heterocycles. The number of aromatic nitrogens is 1. The fourth-order valence-corrected chi connectivity index (χ4v) is 3.80. The molecule has 1 aliphatic heterocycles. The van der Waals surface area contributed by atoms with Gasteiger partial charge in [-0.3, -0.25) is 19.5 Å². The van der Waals surface area contributed by atoms with Crippen molar-refractivity contribution in [1.82, 2.24) is 15.2 Å². The number of rotatable bonds is 7. The molecule has 0 spiro atoms. The molecular formula is C21H24F2N4O3. The zero-order chi connectivity index (χ0) is 21.6. The molecule has 30 heavy (non-hydrogen) atoms. The van der Waals surface area contributed by atoms with Crippen LogP contribution in [0.4, 0.5) is 14.5 Å². The number of alkyl halides is 2. The van der Waals surface area contributed by atoms with Crippen LogP contribution < -0.4 is 15.4 Å². The number of benzene rings is 1. The summed E-state index contributed by atoms with van der Waals surface area (Å²) in [4.78, 5) is 31.6. The number of piperidine rings is 1. The number of carbonyl (C=O) groups is 2. The van der Waals surface area contributed by atoms with E-state index in [4.69, 9.17) is 0 Å². The molecule has 1 saturated heterocycles. The summed E-state index contributed by atoms with van der Waals surface area (Å²) in [6.07, 6.45) is 3.05. The minimum atomic E-state index is -2.90. The second-order valence-electron chi connectivity index (χ2n) is 7.14. The number of carbonyl (C=O) groups excluding carboxylic acids is 2. The fourth-order valence-electron chi connectivity index (χ4n) is 3.80. The van der Waals surface area contributed by atoms with Gasteiger partial charge in [0.15, 0.2) is 0 Å². The average molecular weight is 418 g/mol. The van der Waals surface area contributed by atoms with Gasteiger partial charge in [-0.05, 0) is 55.8 Å². The first-order valence-corrected chi connectivity index (χ1v) is 9.64. The predicted molar refractivity (Wildman–Crippen MR) is 107 cm³/mol. The Labute approximate surface area is 173 Å². The Morgan fingerprint density at radius 3 is 2.63 bits per heavy atom. The third-order valence-corrected chi connectivity index (χ3v) is 5.12. The number of likely N-dealkylation sites (tertiary alicyclic amines) is 1.